The summed E-state index contributed by atoms with van der Waals surface area (Å²) in [5.74, 6) is 2.28. The van der Waals surface area contributed by atoms with Gasteiger partial charge in [-0.15, -0.1) is 0 Å². The molecule has 0 aromatic carbocycles. The fourth-order valence-electron chi connectivity index (χ4n) is 2.86. The van der Waals surface area contributed by atoms with Crippen LogP contribution in [0.2, 0.25) is 0 Å². The molecule has 1 aliphatic rings. The molecule has 102 valence electrons. The Kier molecular flexibility index (Phi) is 3.86. The largest absolute Gasteiger partial charge is 0.465 e. The summed E-state index contributed by atoms with van der Waals surface area (Å²) in [6.45, 7) is 8.39. The highest BCUT2D eigenvalue weighted by molar-refractivity contribution is 5.27. The third-order valence-electron chi connectivity index (χ3n) is 4.11. The predicted octanol–water partition coefficient (Wildman–Crippen LogP) is 4.50. The van der Waals surface area contributed by atoms with Crippen molar-refractivity contribution < 1.29 is 9.52 Å². The van der Waals surface area contributed by atoms with Crippen LogP contribution in [0.25, 0.3) is 0 Å². The van der Waals surface area contributed by atoms with Gasteiger partial charge in [0.1, 0.15) is 11.5 Å². The Balaban J connectivity index is 2.19. The quantitative estimate of drug-likeness (QED) is 0.838. The van der Waals surface area contributed by atoms with Gasteiger partial charge in [-0.3, -0.25) is 0 Å². The molecular weight excluding hydrogens is 224 g/mol. The average Bonchev–Trinajstić information content (AvgIpc) is 2.71. The van der Waals surface area contributed by atoms with E-state index in [1.165, 1.54) is 19.3 Å². The highest BCUT2D eigenvalue weighted by Crippen LogP contribution is 2.38. The van der Waals surface area contributed by atoms with E-state index in [1.807, 2.05) is 6.92 Å². The van der Waals surface area contributed by atoms with Gasteiger partial charge in [0.15, 0.2) is 0 Å². The molecule has 1 unspecified atom stereocenters. The lowest BCUT2D eigenvalue weighted by Crippen LogP contribution is -2.16. The summed E-state index contributed by atoms with van der Waals surface area (Å²) in [5.41, 5.74) is 1.02. The Labute approximate surface area is 110 Å². The third kappa shape index (κ3) is 2.80. The molecule has 1 fully saturated rings. The molecule has 1 saturated carbocycles. The molecule has 1 N–H and O–H groups in total. The second-order valence-electron chi connectivity index (χ2n) is 6.72. The number of furan rings is 1. The van der Waals surface area contributed by atoms with Crippen LogP contribution in [0.3, 0.4) is 0 Å². The molecule has 1 aromatic rings. The molecule has 0 amide bonds. The zero-order valence-corrected chi connectivity index (χ0v) is 12.1. The van der Waals surface area contributed by atoms with E-state index in [-0.39, 0.29) is 11.5 Å². The fourth-order valence-corrected chi connectivity index (χ4v) is 2.86. The molecule has 2 heteroatoms. The van der Waals surface area contributed by atoms with Crippen LogP contribution in [-0.2, 0) is 5.41 Å². The lowest BCUT2D eigenvalue weighted by atomic mass is 9.82. The first kappa shape index (κ1) is 13.7. The second kappa shape index (κ2) is 5.08. The highest BCUT2D eigenvalue weighted by atomic mass is 16.3. The lowest BCUT2D eigenvalue weighted by Gasteiger charge is -2.26. The van der Waals surface area contributed by atoms with E-state index < -0.39 is 0 Å². The highest BCUT2D eigenvalue weighted by Gasteiger charge is 2.28. The van der Waals surface area contributed by atoms with E-state index in [2.05, 4.69) is 26.8 Å². The number of aryl methyl sites for hydroxylation is 1. The zero-order valence-electron chi connectivity index (χ0n) is 12.1. The monoisotopic (exact) mass is 250 g/mol. The normalized spacial score (nSPS) is 20.1. The predicted molar refractivity (Wildman–Crippen MR) is 73.7 cm³/mol. The van der Waals surface area contributed by atoms with E-state index in [1.54, 1.807) is 0 Å². The third-order valence-corrected chi connectivity index (χ3v) is 4.11. The molecule has 0 spiro atoms. The van der Waals surface area contributed by atoms with Crippen LogP contribution < -0.4 is 0 Å². The summed E-state index contributed by atoms with van der Waals surface area (Å²) in [4.78, 5) is 0. The Hall–Kier alpha value is -0.760. The number of hydrogen-bond donors (Lipinski definition) is 1. The Morgan fingerprint density at radius 2 is 1.83 bits per heavy atom. The van der Waals surface area contributed by atoms with Crippen LogP contribution in [0.5, 0.6) is 0 Å². The smallest absolute Gasteiger partial charge is 0.109 e. The van der Waals surface area contributed by atoms with E-state index in [0.717, 1.165) is 29.9 Å². The number of aliphatic hydroxyl groups is 1. The maximum absolute atomic E-state index is 10.5. The molecular formula is C16H26O2. The van der Waals surface area contributed by atoms with Gasteiger partial charge in [0, 0.05) is 11.0 Å². The number of rotatable bonds is 2. The molecule has 1 heterocycles. The van der Waals surface area contributed by atoms with Gasteiger partial charge in [-0.25, -0.2) is 0 Å². The Morgan fingerprint density at radius 1 is 1.22 bits per heavy atom. The zero-order chi connectivity index (χ0) is 13.3. The number of aliphatic hydroxyl groups excluding tert-OH is 1. The van der Waals surface area contributed by atoms with Crippen LogP contribution in [0.4, 0.5) is 0 Å². The summed E-state index contributed by atoms with van der Waals surface area (Å²) in [5, 5.41) is 10.5. The maximum Gasteiger partial charge on any atom is 0.109 e. The van der Waals surface area contributed by atoms with Gasteiger partial charge >= 0.3 is 0 Å². The molecule has 0 saturated heterocycles. The van der Waals surface area contributed by atoms with Gasteiger partial charge in [-0.1, -0.05) is 40.0 Å². The first-order valence-corrected chi connectivity index (χ1v) is 7.18. The van der Waals surface area contributed by atoms with Crippen molar-refractivity contribution in [2.75, 3.05) is 0 Å². The molecule has 1 atom stereocenters. The SMILES string of the molecule is Cc1oc(C(C)(C)C)cc1C(O)C1CCCCC1. The molecule has 1 aromatic heterocycles. The average molecular weight is 250 g/mol. The van der Waals surface area contributed by atoms with Crippen molar-refractivity contribution in [2.24, 2.45) is 5.92 Å². The van der Waals surface area contributed by atoms with Crippen LogP contribution in [0.1, 0.15) is 76.1 Å². The molecule has 0 radical (unpaired) electrons. The van der Waals surface area contributed by atoms with Crippen LogP contribution in [0, 0.1) is 12.8 Å². The van der Waals surface area contributed by atoms with Gasteiger partial charge in [0.2, 0.25) is 0 Å². The van der Waals surface area contributed by atoms with Crippen molar-refractivity contribution in [3.05, 3.63) is 23.2 Å². The minimum atomic E-state index is -0.342. The molecule has 18 heavy (non-hydrogen) atoms. The molecule has 1 aliphatic carbocycles. The summed E-state index contributed by atoms with van der Waals surface area (Å²) < 4.78 is 5.83. The first-order chi connectivity index (χ1) is 8.39. The summed E-state index contributed by atoms with van der Waals surface area (Å²) in [6, 6.07) is 2.06. The molecule has 0 aliphatic heterocycles. The summed E-state index contributed by atoms with van der Waals surface area (Å²) in [6.07, 6.45) is 5.79. The topological polar surface area (TPSA) is 33.4 Å². The Morgan fingerprint density at radius 3 is 2.33 bits per heavy atom. The van der Waals surface area contributed by atoms with Crippen molar-refractivity contribution in [3.8, 4) is 0 Å². The van der Waals surface area contributed by atoms with E-state index >= 15 is 0 Å². The summed E-state index contributed by atoms with van der Waals surface area (Å²) in [7, 11) is 0. The summed E-state index contributed by atoms with van der Waals surface area (Å²) >= 11 is 0. The van der Waals surface area contributed by atoms with E-state index in [4.69, 9.17) is 4.42 Å². The van der Waals surface area contributed by atoms with E-state index in [9.17, 15) is 5.11 Å². The molecule has 2 rings (SSSR count). The van der Waals surface area contributed by atoms with Crippen molar-refractivity contribution >= 4 is 0 Å². The molecule has 0 bridgehead atoms. The van der Waals surface area contributed by atoms with Crippen molar-refractivity contribution in [3.63, 3.8) is 0 Å². The van der Waals surface area contributed by atoms with Crippen LogP contribution in [0.15, 0.2) is 10.5 Å². The Bertz CT molecular complexity index is 392. The van der Waals surface area contributed by atoms with Crippen LogP contribution >= 0.6 is 0 Å². The standard InChI is InChI=1S/C16H26O2/c1-11-13(10-14(18-11)16(2,3)4)15(17)12-8-6-5-7-9-12/h10,12,15,17H,5-9H2,1-4H3. The lowest BCUT2D eigenvalue weighted by molar-refractivity contribution is 0.0835. The fraction of sp³-hybridized carbons (Fsp3) is 0.750. The van der Waals surface area contributed by atoms with Gasteiger partial charge in [-0.2, -0.15) is 0 Å². The second-order valence-corrected chi connectivity index (χ2v) is 6.72. The van der Waals surface area contributed by atoms with Gasteiger partial charge in [0.25, 0.3) is 0 Å². The first-order valence-electron chi connectivity index (χ1n) is 7.18. The van der Waals surface area contributed by atoms with E-state index in [0.29, 0.717) is 5.92 Å². The maximum atomic E-state index is 10.5. The van der Waals surface area contributed by atoms with Gasteiger partial charge in [-0.05, 0) is 31.7 Å². The van der Waals surface area contributed by atoms with Crippen molar-refractivity contribution in [1.82, 2.24) is 0 Å². The van der Waals surface area contributed by atoms with Gasteiger partial charge in [0.05, 0.1) is 6.10 Å². The van der Waals surface area contributed by atoms with Gasteiger partial charge < -0.3 is 9.52 Å². The number of hydrogen-bond acceptors (Lipinski definition) is 2. The minimum Gasteiger partial charge on any atom is -0.465 e. The minimum absolute atomic E-state index is 0.00922. The molecule has 2 nitrogen and oxygen atoms in total. The van der Waals surface area contributed by atoms with Crippen LogP contribution in [-0.4, -0.2) is 5.11 Å². The van der Waals surface area contributed by atoms with Crippen molar-refractivity contribution in [1.29, 1.82) is 0 Å². The van der Waals surface area contributed by atoms with Crippen molar-refractivity contribution in [2.45, 2.75) is 71.3 Å².